The van der Waals surface area contributed by atoms with E-state index in [1.165, 1.54) is 0 Å². The molecular weight excluding hydrogens is 482 g/mol. The van der Waals surface area contributed by atoms with Crippen LogP contribution in [0.15, 0.2) is 97.1 Å². The first kappa shape index (κ1) is 26.3. The van der Waals surface area contributed by atoms with Gasteiger partial charge in [0.2, 0.25) is 0 Å². The van der Waals surface area contributed by atoms with Crippen LogP contribution in [0.4, 0.5) is 11.4 Å². The van der Waals surface area contributed by atoms with Crippen LogP contribution in [0.3, 0.4) is 0 Å². The fourth-order valence-corrected chi connectivity index (χ4v) is 3.88. The Bertz CT molecular complexity index is 1350. The van der Waals surface area contributed by atoms with E-state index in [-0.39, 0.29) is 11.1 Å². The maximum atomic E-state index is 11.4. The molecule has 0 bridgehead atoms. The van der Waals surface area contributed by atoms with Gasteiger partial charge in [-0.3, -0.25) is 0 Å². The van der Waals surface area contributed by atoms with Gasteiger partial charge < -0.3 is 25.0 Å². The molecule has 38 heavy (non-hydrogen) atoms. The van der Waals surface area contributed by atoms with Gasteiger partial charge in [-0.15, -0.1) is 0 Å². The molecule has 0 aliphatic heterocycles. The molecule has 0 spiro atoms. The number of ether oxygens (including phenoxy) is 2. The molecule has 7 heteroatoms. The third-order valence-corrected chi connectivity index (χ3v) is 5.94. The van der Waals surface area contributed by atoms with Crippen molar-refractivity contribution in [3.05, 3.63) is 108 Å². The van der Waals surface area contributed by atoms with Crippen molar-refractivity contribution in [3.8, 4) is 22.6 Å². The summed E-state index contributed by atoms with van der Waals surface area (Å²) < 4.78 is 11.7. The smallest absolute Gasteiger partial charge is 0.337 e. The molecular formula is C31H29NO6. The van der Waals surface area contributed by atoms with Crippen molar-refractivity contribution in [3.63, 3.8) is 0 Å². The number of nitrogens with one attached hydrogen (secondary N) is 1. The molecule has 4 aromatic rings. The largest absolute Gasteiger partial charge is 0.494 e. The number of anilines is 2. The summed E-state index contributed by atoms with van der Waals surface area (Å²) in [5.74, 6) is -0.349. The van der Waals surface area contributed by atoms with E-state index < -0.39 is 11.9 Å². The minimum Gasteiger partial charge on any atom is -0.494 e. The first-order valence-electron chi connectivity index (χ1n) is 12.4. The van der Waals surface area contributed by atoms with E-state index in [1.807, 2.05) is 48.5 Å². The minimum atomic E-state index is -0.974. The van der Waals surface area contributed by atoms with Gasteiger partial charge >= 0.3 is 11.9 Å². The lowest BCUT2D eigenvalue weighted by Gasteiger charge is -2.11. The number of carbonyl (C=O) groups is 2. The van der Waals surface area contributed by atoms with Crippen LogP contribution in [0, 0.1) is 0 Å². The molecule has 0 saturated heterocycles. The van der Waals surface area contributed by atoms with Crippen molar-refractivity contribution < 1.29 is 29.3 Å². The molecule has 4 rings (SSSR count). The molecule has 4 aromatic carbocycles. The van der Waals surface area contributed by atoms with Gasteiger partial charge in [0, 0.05) is 5.69 Å². The van der Waals surface area contributed by atoms with Crippen LogP contribution in [0.1, 0.15) is 40.0 Å². The first-order valence-corrected chi connectivity index (χ1v) is 12.4. The second-order valence-corrected chi connectivity index (χ2v) is 8.66. The number of rotatable bonds is 13. The first-order chi connectivity index (χ1) is 18.5. The molecule has 0 heterocycles. The third kappa shape index (κ3) is 7.36. The number of aromatic carboxylic acids is 2. The van der Waals surface area contributed by atoms with E-state index in [0.717, 1.165) is 47.6 Å². The van der Waals surface area contributed by atoms with E-state index in [1.54, 1.807) is 48.5 Å². The summed E-state index contributed by atoms with van der Waals surface area (Å²) in [6.07, 6.45) is 2.79. The maximum Gasteiger partial charge on any atom is 0.337 e. The van der Waals surface area contributed by atoms with Crippen LogP contribution in [0.5, 0.6) is 11.5 Å². The molecule has 0 atom stereocenters. The Morgan fingerprint density at radius 1 is 0.605 bits per heavy atom. The summed E-state index contributed by atoms with van der Waals surface area (Å²) >= 11 is 0. The summed E-state index contributed by atoms with van der Waals surface area (Å²) in [6.45, 7) is 1.22. The molecule has 0 fully saturated rings. The minimum absolute atomic E-state index is 0.221. The highest BCUT2D eigenvalue weighted by atomic mass is 16.5. The van der Waals surface area contributed by atoms with E-state index >= 15 is 0 Å². The number of carboxylic acid groups (broad SMARTS) is 2. The molecule has 0 amide bonds. The number of carboxylic acids is 2. The van der Waals surface area contributed by atoms with Crippen LogP contribution < -0.4 is 14.8 Å². The molecule has 194 valence electrons. The zero-order valence-electron chi connectivity index (χ0n) is 20.8. The van der Waals surface area contributed by atoms with Crippen LogP contribution in [0.25, 0.3) is 11.1 Å². The normalized spacial score (nSPS) is 10.5. The molecule has 0 aliphatic rings. The Hall–Kier alpha value is -4.78. The number of hydrogen-bond acceptors (Lipinski definition) is 5. The van der Waals surface area contributed by atoms with Gasteiger partial charge in [-0.1, -0.05) is 36.4 Å². The van der Waals surface area contributed by atoms with Crippen molar-refractivity contribution in [1.82, 2.24) is 0 Å². The lowest BCUT2D eigenvalue weighted by Crippen LogP contribution is -2.02. The van der Waals surface area contributed by atoms with Gasteiger partial charge in [-0.25, -0.2) is 9.59 Å². The van der Waals surface area contributed by atoms with Crippen molar-refractivity contribution in [2.45, 2.75) is 19.3 Å². The maximum absolute atomic E-state index is 11.4. The van der Waals surface area contributed by atoms with Gasteiger partial charge in [0.25, 0.3) is 0 Å². The highest BCUT2D eigenvalue weighted by molar-refractivity contribution is 5.95. The topological polar surface area (TPSA) is 105 Å². The Balaban J connectivity index is 1.13. The van der Waals surface area contributed by atoms with Crippen molar-refractivity contribution in [1.29, 1.82) is 0 Å². The van der Waals surface area contributed by atoms with Gasteiger partial charge in [0.1, 0.15) is 11.5 Å². The predicted molar refractivity (Wildman–Crippen MR) is 147 cm³/mol. The van der Waals surface area contributed by atoms with Crippen molar-refractivity contribution in [2.24, 2.45) is 0 Å². The zero-order valence-corrected chi connectivity index (χ0v) is 20.8. The average Bonchev–Trinajstić information content (AvgIpc) is 2.94. The Morgan fingerprint density at radius 2 is 1.13 bits per heavy atom. The van der Waals surface area contributed by atoms with Crippen molar-refractivity contribution in [2.75, 3.05) is 18.5 Å². The van der Waals surface area contributed by atoms with Crippen LogP contribution in [-0.2, 0) is 0 Å². The van der Waals surface area contributed by atoms with Gasteiger partial charge in [0.05, 0.1) is 30.0 Å². The fraction of sp³-hybridized carbons (Fsp3) is 0.161. The van der Waals surface area contributed by atoms with Gasteiger partial charge in [-0.05, 0) is 91.1 Å². The number of para-hydroxylation sites is 1. The van der Waals surface area contributed by atoms with Crippen LogP contribution in [0.2, 0.25) is 0 Å². The standard InChI is InChI=1S/C31H29NO6/c33-30(34)24-10-8-22(9-11-24)23-12-16-26(17-13-23)37-20-4-1-5-21-38-27-18-14-25(15-19-27)32-29-7-3-2-6-28(29)31(35)36/h2-3,6-19,32H,1,4-5,20-21H2,(H,33,34)(H,35,36). The summed E-state index contributed by atoms with van der Waals surface area (Å²) in [6, 6.07) is 28.8. The SMILES string of the molecule is O=C(O)c1ccc(-c2ccc(OCCCCCOc3ccc(Nc4ccccc4C(=O)O)cc3)cc2)cc1. The van der Waals surface area contributed by atoms with E-state index in [2.05, 4.69) is 5.32 Å². The van der Waals surface area contributed by atoms with E-state index in [4.69, 9.17) is 14.6 Å². The number of unbranched alkanes of at least 4 members (excludes halogenated alkanes) is 2. The molecule has 0 radical (unpaired) electrons. The number of hydrogen-bond donors (Lipinski definition) is 3. The molecule has 0 aliphatic carbocycles. The van der Waals surface area contributed by atoms with Crippen LogP contribution >= 0.6 is 0 Å². The highest BCUT2D eigenvalue weighted by Gasteiger charge is 2.09. The predicted octanol–water partition coefficient (Wildman–Crippen LogP) is 7.12. The summed E-state index contributed by atoms with van der Waals surface area (Å²) in [5.41, 5.74) is 3.77. The second-order valence-electron chi connectivity index (χ2n) is 8.66. The summed E-state index contributed by atoms with van der Waals surface area (Å²) in [7, 11) is 0. The molecule has 3 N–H and O–H groups in total. The van der Waals surface area contributed by atoms with Gasteiger partial charge in [-0.2, -0.15) is 0 Å². The fourth-order valence-electron chi connectivity index (χ4n) is 3.88. The van der Waals surface area contributed by atoms with E-state index in [9.17, 15) is 14.7 Å². The zero-order chi connectivity index (χ0) is 26.7. The summed E-state index contributed by atoms with van der Waals surface area (Å²) in [5, 5.41) is 21.5. The Labute approximate surface area is 221 Å². The molecule has 0 aromatic heterocycles. The average molecular weight is 512 g/mol. The van der Waals surface area contributed by atoms with Crippen molar-refractivity contribution >= 4 is 23.3 Å². The van der Waals surface area contributed by atoms with E-state index in [0.29, 0.717) is 18.9 Å². The Morgan fingerprint density at radius 3 is 1.68 bits per heavy atom. The number of benzene rings is 4. The monoisotopic (exact) mass is 511 g/mol. The molecule has 0 saturated carbocycles. The Kier molecular flexibility index (Phi) is 8.97. The molecule has 7 nitrogen and oxygen atoms in total. The third-order valence-electron chi connectivity index (χ3n) is 5.94. The second kappa shape index (κ2) is 13.0. The lowest BCUT2D eigenvalue weighted by atomic mass is 10.0. The highest BCUT2D eigenvalue weighted by Crippen LogP contribution is 2.24. The lowest BCUT2D eigenvalue weighted by molar-refractivity contribution is 0.0686. The molecule has 0 unspecified atom stereocenters. The summed E-state index contributed by atoms with van der Waals surface area (Å²) in [4.78, 5) is 22.3. The quantitative estimate of drug-likeness (QED) is 0.164. The van der Waals surface area contributed by atoms with Crippen LogP contribution in [-0.4, -0.2) is 35.4 Å². The van der Waals surface area contributed by atoms with Gasteiger partial charge in [0.15, 0.2) is 0 Å².